The molecule has 142 valence electrons. The topological polar surface area (TPSA) is 96.8 Å². The largest absolute Gasteiger partial charge is 0.497 e. The summed E-state index contributed by atoms with van der Waals surface area (Å²) in [5.74, 6) is 0.153. The molecular formula is C19H17N5O3S. The number of hydrazone groups is 1. The number of aromatic nitrogens is 2. The molecule has 0 saturated carbocycles. The molecule has 0 atom stereocenters. The zero-order chi connectivity index (χ0) is 19.9. The van der Waals surface area contributed by atoms with Gasteiger partial charge in [0.2, 0.25) is 5.91 Å². The maximum atomic E-state index is 12.1. The summed E-state index contributed by atoms with van der Waals surface area (Å²) in [6.45, 7) is 1.47. The van der Waals surface area contributed by atoms with Crippen LogP contribution in [0, 0.1) is 0 Å². The molecule has 2 amide bonds. The average molecular weight is 395 g/mol. The fourth-order valence-electron chi connectivity index (χ4n) is 2.32. The van der Waals surface area contributed by atoms with Gasteiger partial charge in [-0.25, -0.2) is 10.4 Å². The number of hydrogen-bond acceptors (Lipinski definition) is 7. The highest BCUT2D eigenvalue weighted by Gasteiger charge is 2.17. The second kappa shape index (κ2) is 8.87. The molecule has 0 fully saturated rings. The van der Waals surface area contributed by atoms with Crippen molar-refractivity contribution in [1.29, 1.82) is 0 Å². The van der Waals surface area contributed by atoms with Gasteiger partial charge in [0.15, 0.2) is 5.13 Å². The SMILES string of the molecule is COc1ccc(N(C(C)=O)c2nc(/C=N\NC(=O)c3cccnc3)cs2)cc1. The Balaban J connectivity index is 1.72. The highest BCUT2D eigenvalue weighted by atomic mass is 32.1. The van der Waals surface area contributed by atoms with Crippen molar-refractivity contribution >= 4 is 40.2 Å². The van der Waals surface area contributed by atoms with Crippen LogP contribution >= 0.6 is 11.3 Å². The highest BCUT2D eigenvalue weighted by molar-refractivity contribution is 7.14. The lowest BCUT2D eigenvalue weighted by Gasteiger charge is -2.18. The summed E-state index contributed by atoms with van der Waals surface area (Å²) < 4.78 is 5.14. The number of ether oxygens (including phenoxy) is 1. The van der Waals surface area contributed by atoms with Gasteiger partial charge in [-0.15, -0.1) is 11.3 Å². The summed E-state index contributed by atoms with van der Waals surface area (Å²) in [6, 6.07) is 10.4. The van der Waals surface area contributed by atoms with E-state index >= 15 is 0 Å². The van der Waals surface area contributed by atoms with E-state index in [1.165, 1.54) is 35.6 Å². The molecule has 3 rings (SSSR count). The Bertz CT molecular complexity index is 986. The molecule has 2 heterocycles. The first-order valence-electron chi connectivity index (χ1n) is 8.22. The van der Waals surface area contributed by atoms with Crippen LogP contribution in [-0.4, -0.2) is 35.1 Å². The molecule has 1 aromatic carbocycles. The number of nitrogens with zero attached hydrogens (tertiary/aromatic N) is 4. The fourth-order valence-corrected chi connectivity index (χ4v) is 3.15. The van der Waals surface area contributed by atoms with Crippen LogP contribution in [0.4, 0.5) is 10.8 Å². The third-order valence-electron chi connectivity index (χ3n) is 3.63. The van der Waals surface area contributed by atoms with Crippen LogP contribution in [-0.2, 0) is 4.79 Å². The Hall–Kier alpha value is -3.59. The van der Waals surface area contributed by atoms with Crippen LogP contribution in [0.5, 0.6) is 5.75 Å². The van der Waals surface area contributed by atoms with Crippen molar-refractivity contribution in [3.8, 4) is 5.75 Å². The second-order valence-electron chi connectivity index (χ2n) is 5.55. The number of carbonyl (C=O) groups is 2. The standard InChI is InChI=1S/C19H17N5O3S/c1-13(25)24(16-5-7-17(27-2)8-6-16)19-22-15(12-28-19)11-21-23-18(26)14-4-3-9-20-10-14/h3-12H,1-2H3,(H,23,26)/b21-11-. The number of rotatable bonds is 6. The van der Waals surface area contributed by atoms with Crippen molar-refractivity contribution < 1.29 is 14.3 Å². The third-order valence-corrected chi connectivity index (χ3v) is 4.48. The van der Waals surface area contributed by atoms with Crippen LogP contribution in [0.15, 0.2) is 59.3 Å². The van der Waals surface area contributed by atoms with Crippen molar-refractivity contribution in [2.75, 3.05) is 12.0 Å². The van der Waals surface area contributed by atoms with Crippen molar-refractivity contribution in [1.82, 2.24) is 15.4 Å². The summed E-state index contributed by atoms with van der Waals surface area (Å²) in [7, 11) is 1.58. The first kappa shape index (κ1) is 19.2. The first-order valence-corrected chi connectivity index (χ1v) is 9.10. The number of carbonyl (C=O) groups excluding carboxylic acids is 2. The minimum absolute atomic E-state index is 0.173. The molecule has 28 heavy (non-hydrogen) atoms. The zero-order valence-corrected chi connectivity index (χ0v) is 16.0. The lowest BCUT2D eigenvalue weighted by atomic mass is 10.3. The van der Waals surface area contributed by atoms with E-state index in [1.54, 1.807) is 55.1 Å². The van der Waals surface area contributed by atoms with Crippen LogP contribution in [0.1, 0.15) is 23.0 Å². The van der Waals surface area contributed by atoms with Gasteiger partial charge < -0.3 is 4.74 Å². The van der Waals surface area contributed by atoms with E-state index in [4.69, 9.17) is 4.74 Å². The van der Waals surface area contributed by atoms with Crippen molar-refractivity contribution in [3.05, 3.63) is 65.4 Å². The molecule has 0 aliphatic carbocycles. The van der Waals surface area contributed by atoms with Gasteiger partial charge in [-0.3, -0.25) is 19.5 Å². The van der Waals surface area contributed by atoms with E-state index in [1.807, 2.05) is 0 Å². The van der Waals surface area contributed by atoms with Crippen molar-refractivity contribution in [3.63, 3.8) is 0 Å². The lowest BCUT2D eigenvalue weighted by molar-refractivity contribution is -0.115. The molecule has 0 aliphatic rings. The fraction of sp³-hybridized carbons (Fsp3) is 0.105. The molecule has 8 nitrogen and oxygen atoms in total. The highest BCUT2D eigenvalue weighted by Crippen LogP contribution is 2.29. The molecule has 0 radical (unpaired) electrons. The summed E-state index contributed by atoms with van der Waals surface area (Å²) >= 11 is 1.29. The number of hydrogen-bond donors (Lipinski definition) is 1. The Labute approximate surface area is 165 Å². The van der Waals surface area contributed by atoms with E-state index in [0.717, 1.165) is 0 Å². The van der Waals surface area contributed by atoms with Crippen LogP contribution in [0.25, 0.3) is 0 Å². The van der Waals surface area contributed by atoms with Gasteiger partial charge in [-0.05, 0) is 36.4 Å². The van der Waals surface area contributed by atoms with Crippen LogP contribution < -0.4 is 15.1 Å². The number of amides is 2. The van der Waals surface area contributed by atoms with Crippen LogP contribution in [0.2, 0.25) is 0 Å². The summed E-state index contributed by atoms with van der Waals surface area (Å²) in [4.78, 5) is 33.8. The smallest absolute Gasteiger partial charge is 0.272 e. The summed E-state index contributed by atoms with van der Waals surface area (Å²) in [5.41, 5.74) is 4.01. The number of methoxy groups -OCH3 is 1. The number of anilines is 2. The quantitative estimate of drug-likeness (QED) is 0.511. The third kappa shape index (κ3) is 4.57. The average Bonchev–Trinajstić information content (AvgIpc) is 3.17. The predicted molar refractivity (Wildman–Crippen MR) is 107 cm³/mol. The Morgan fingerprint density at radius 2 is 2.04 bits per heavy atom. The lowest BCUT2D eigenvalue weighted by Crippen LogP contribution is -2.22. The number of pyridine rings is 1. The zero-order valence-electron chi connectivity index (χ0n) is 15.2. The molecule has 1 N–H and O–H groups in total. The van der Waals surface area contributed by atoms with Gasteiger partial charge in [-0.2, -0.15) is 5.10 Å². The molecule has 0 spiro atoms. The predicted octanol–water partition coefficient (Wildman–Crippen LogP) is 3.00. The van der Waals surface area contributed by atoms with Gasteiger partial charge in [0.25, 0.3) is 5.91 Å². The summed E-state index contributed by atoms with van der Waals surface area (Å²) in [5, 5.41) is 6.15. The minimum atomic E-state index is -0.372. The van der Waals surface area contributed by atoms with Crippen LogP contribution in [0.3, 0.4) is 0 Å². The molecule has 0 unspecified atom stereocenters. The van der Waals surface area contributed by atoms with E-state index in [9.17, 15) is 9.59 Å². The van der Waals surface area contributed by atoms with Crippen molar-refractivity contribution in [2.24, 2.45) is 5.10 Å². The Morgan fingerprint density at radius 3 is 2.68 bits per heavy atom. The Kier molecular flexibility index (Phi) is 6.07. The first-order chi connectivity index (χ1) is 13.6. The van der Waals surface area contributed by atoms with Gasteiger partial charge >= 0.3 is 0 Å². The van der Waals surface area contributed by atoms with E-state index in [2.05, 4.69) is 20.5 Å². The molecule has 0 aliphatic heterocycles. The van der Waals surface area contributed by atoms with Crippen molar-refractivity contribution in [2.45, 2.75) is 6.92 Å². The van der Waals surface area contributed by atoms with Gasteiger partial charge in [0.1, 0.15) is 5.75 Å². The monoisotopic (exact) mass is 395 g/mol. The minimum Gasteiger partial charge on any atom is -0.497 e. The number of thiazole rings is 1. The molecule has 0 bridgehead atoms. The van der Waals surface area contributed by atoms with Gasteiger partial charge in [-0.1, -0.05) is 0 Å². The molecule has 2 aromatic heterocycles. The van der Waals surface area contributed by atoms with E-state index in [-0.39, 0.29) is 11.8 Å². The van der Waals surface area contributed by atoms with E-state index < -0.39 is 0 Å². The number of nitrogens with one attached hydrogen (secondary N) is 1. The van der Waals surface area contributed by atoms with Gasteiger partial charge in [0.05, 0.1) is 30.3 Å². The van der Waals surface area contributed by atoms with Gasteiger partial charge in [0, 0.05) is 24.7 Å². The molecule has 9 heteroatoms. The molecular weight excluding hydrogens is 378 g/mol. The second-order valence-corrected chi connectivity index (χ2v) is 6.38. The molecule has 3 aromatic rings. The summed E-state index contributed by atoms with van der Waals surface area (Å²) in [6.07, 6.45) is 4.45. The maximum Gasteiger partial charge on any atom is 0.272 e. The number of benzene rings is 1. The Morgan fingerprint density at radius 1 is 1.25 bits per heavy atom. The van der Waals surface area contributed by atoms with E-state index in [0.29, 0.717) is 27.8 Å². The maximum absolute atomic E-state index is 12.1. The normalized spacial score (nSPS) is 10.6. The molecule has 0 saturated heterocycles.